The first-order valence-electron chi connectivity index (χ1n) is 9.67. The smallest absolute Gasteiger partial charge is 0.263 e. The van der Waals surface area contributed by atoms with Gasteiger partial charge in [0.2, 0.25) is 0 Å². The van der Waals surface area contributed by atoms with Gasteiger partial charge >= 0.3 is 0 Å². The van der Waals surface area contributed by atoms with E-state index in [1.807, 2.05) is 0 Å². The van der Waals surface area contributed by atoms with Crippen LogP contribution in [-0.4, -0.2) is 39.1 Å². The molecule has 8 heteroatoms. The molecule has 3 saturated heterocycles. The van der Waals surface area contributed by atoms with Crippen LogP contribution in [0.15, 0.2) is 58.0 Å². The molecule has 1 N–H and O–H groups in total. The zero-order chi connectivity index (χ0) is 20.0. The van der Waals surface area contributed by atoms with Crippen molar-refractivity contribution in [3.05, 3.63) is 53.8 Å². The van der Waals surface area contributed by atoms with Crippen LogP contribution in [0.1, 0.15) is 12.8 Å². The predicted molar refractivity (Wildman–Crippen MR) is 112 cm³/mol. The van der Waals surface area contributed by atoms with Gasteiger partial charge in [0.25, 0.3) is 10.0 Å². The minimum Gasteiger partial charge on any atom is -0.485 e. The van der Waals surface area contributed by atoms with Gasteiger partial charge in [-0.3, -0.25) is 9.62 Å². The summed E-state index contributed by atoms with van der Waals surface area (Å²) in [7, 11) is -3.83. The van der Waals surface area contributed by atoms with Crippen molar-refractivity contribution in [2.75, 3.05) is 24.4 Å². The largest absolute Gasteiger partial charge is 0.485 e. The molecule has 1 unspecified atom stereocenters. The van der Waals surface area contributed by atoms with Gasteiger partial charge < -0.3 is 9.15 Å². The Hall–Kier alpha value is -2.22. The molecule has 2 aromatic carbocycles. The Morgan fingerprint density at radius 3 is 2.66 bits per heavy atom. The van der Waals surface area contributed by atoms with E-state index in [0.29, 0.717) is 22.9 Å². The molecule has 152 valence electrons. The molecule has 0 radical (unpaired) electrons. The van der Waals surface area contributed by atoms with Crippen molar-refractivity contribution >= 4 is 38.3 Å². The average Bonchev–Trinajstić information content (AvgIpc) is 3.18. The van der Waals surface area contributed by atoms with Crippen LogP contribution in [0.5, 0.6) is 5.75 Å². The van der Waals surface area contributed by atoms with Crippen molar-refractivity contribution < 1.29 is 17.6 Å². The van der Waals surface area contributed by atoms with Crippen LogP contribution in [0, 0.1) is 5.92 Å². The summed E-state index contributed by atoms with van der Waals surface area (Å²) in [4.78, 5) is 2.45. The molecular formula is C21H21ClN2O4S. The van der Waals surface area contributed by atoms with E-state index in [1.165, 1.54) is 6.07 Å². The molecule has 6 rings (SSSR count). The van der Waals surface area contributed by atoms with Gasteiger partial charge in [0, 0.05) is 18.0 Å². The standard InChI is InChI=1S/C21H21ClN2O4S/c22-17-3-1-2-4-20(17)29(25,26)23-16-11-15-7-10-27-21(15)18(12-16)28-19-13-24-8-5-14(19)6-9-24/h1-4,7,10-12,14,19,23H,5-6,8-9,13H2. The molecular weight excluding hydrogens is 412 g/mol. The van der Waals surface area contributed by atoms with Crippen molar-refractivity contribution in [1.82, 2.24) is 4.90 Å². The molecule has 0 saturated carbocycles. The first-order valence-corrected chi connectivity index (χ1v) is 11.5. The number of fused-ring (bicyclic) bond motifs is 4. The van der Waals surface area contributed by atoms with E-state index < -0.39 is 10.0 Å². The number of rotatable bonds is 5. The third-order valence-electron chi connectivity index (χ3n) is 5.77. The topological polar surface area (TPSA) is 71.8 Å². The second-order valence-electron chi connectivity index (χ2n) is 7.64. The lowest BCUT2D eigenvalue weighted by Gasteiger charge is -2.44. The highest BCUT2D eigenvalue weighted by Gasteiger charge is 2.36. The third kappa shape index (κ3) is 3.58. The maximum atomic E-state index is 12.8. The Balaban J connectivity index is 1.47. The van der Waals surface area contributed by atoms with E-state index in [2.05, 4.69) is 9.62 Å². The van der Waals surface area contributed by atoms with Gasteiger partial charge in [-0.05, 0) is 56.1 Å². The number of benzene rings is 2. The first-order chi connectivity index (χ1) is 14.0. The number of halogens is 1. The van der Waals surface area contributed by atoms with Gasteiger partial charge in [-0.2, -0.15) is 0 Å². The van der Waals surface area contributed by atoms with Crippen LogP contribution in [0.3, 0.4) is 0 Å². The predicted octanol–water partition coefficient (Wildman–Crippen LogP) is 4.36. The number of piperidine rings is 3. The van der Waals surface area contributed by atoms with Crippen molar-refractivity contribution in [3.63, 3.8) is 0 Å². The number of nitrogens with one attached hydrogen (secondary N) is 1. The molecule has 6 nitrogen and oxygen atoms in total. The maximum Gasteiger partial charge on any atom is 0.263 e. The third-order valence-corrected chi connectivity index (χ3v) is 7.65. The molecule has 1 aromatic heterocycles. The highest BCUT2D eigenvalue weighted by atomic mass is 35.5. The minimum absolute atomic E-state index is 0.0359. The molecule has 0 aliphatic carbocycles. The van der Waals surface area contributed by atoms with Crippen molar-refractivity contribution in [1.29, 1.82) is 0 Å². The summed E-state index contributed by atoms with van der Waals surface area (Å²) in [6, 6.07) is 11.6. The van der Waals surface area contributed by atoms with E-state index >= 15 is 0 Å². The van der Waals surface area contributed by atoms with Crippen LogP contribution in [0.25, 0.3) is 11.0 Å². The average molecular weight is 433 g/mol. The van der Waals surface area contributed by atoms with E-state index in [-0.39, 0.29) is 16.0 Å². The first kappa shape index (κ1) is 18.8. The lowest BCUT2D eigenvalue weighted by atomic mass is 9.86. The normalized spacial score (nSPS) is 24.0. The number of ether oxygens (including phenoxy) is 1. The fourth-order valence-corrected chi connectivity index (χ4v) is 5.84. The molecule has 3 fully saturated rings. The SMILES string of the molecule is O=S(=O)(Nc1cc(OC2CN3CCC2CC3)c2occc2c1)c1ccccc1Cl. The molecule has 0 spiro atoms. The second-order valence-corrected chi connectivity index (χ2v) is 9.70. The van der Waals surface area contributed by atoms with Gasteiger partial charge in [-0.15, -0.1) is 0 Å². The Bertz CT molecular complexity index is 1150. The summed E-state index contributed by atoms with van der Waals surface area (Å²) in [5.74, 6) is 1.08. The van der Waals surface area contributed by atoms with Crippen LogP contribution in [0.4, 0.5) is 5.69 Å². The zero-order valence-electron chi connectivity index (χ0n) is 15.7. The molecule has 2 bridgehead atoms. The summed E-state index contributed by atoms with van der Waals surface area (Å²) < 4.78 is 40.3. The summed E-state index contributed by atoms with van der Waals surface area (Å²) in [5.41, 5.74) is 1.04. The molecule has 3 aliphatic heterocycles. The Morgan fingerprint density at radius 1 is 1.14 bits per heavy atom. The molecule has 0 amide bonds. The Labute approximate surface area is 174 Å². The van der Waals surface area contributed by atoms with Crippen LogP contribution < -0.4 is 9.46 Å². The molecule has 1 atom stereocenters. The quantitative estimate of drug-likeness (QED) is 0.648. The lowest BCUT2D eigenvalue weighted by Crippen LogP contribution is -2.52. The fraction of sp³-hybridized carbons (Fsp3) is 0.333. The Kier molecular flexibility index (Phi) is 4.69. The number of anilines is 1. The molecule has 4 heterocycles. The van der Waals surface area contributed by atoms with E-state index in [0.717, 1.165) is 37.9 Å². The van der Waals surface area contributed by atoms with E-state index in [4.69, 9.17) is 20.8 Å². The minimum atomic E-state index is -3.83. The summed E-state index contributed by atoms with van der Waals surface area (Å²) in [6.45, 7) is 3.14. The van der Waals surface area contributed by atoms with Gasteiger partial charge in [-0.25, -0.2) is 8.42 Å². The number of hydrogen-bond acceptors (Lipinski definition) is 5. The van der Waals surface area contributed by atoms with Gasteiger partial charge in [-0.1, -0.05) is 23.7 Å². The monoisotopic (exact) mass is 432 g/mol. The van der Waals surface area contributed by atoms with Crippen molar-refractivity contribution in [2.24, 2.45) is 5.92 Å². The van der Waals surface area contributed by atoms with Gasteiger partial charge in [0.05, 0.1) is 17.0 Å². The van der Waals surface area contributed by atoms with Crippen LogP contribution >= 0.6 is 11.6 Å². The summed E-state index contributed by atoms with van der Waals surface area (Å²) in [5, 5.41) is 0.953. The van der Waals surface area contributed by atoms with Crippen molar-refractivity contribution in [3.8, 4) is 5.75 Å². The summed E-state index contributed by atoms with van der Waals surface area (Å²) >= 11 is 6.09. The highest BCUT2D eigenvalue weighted by molar-refractivity contribution is 7.92. The summed E-state index contributed by atoms with van der Waals surface area (Å²) in [6.07, 6.45) is 3.93. The highest BCUT2D eigenvalue weighted by Crippen LogP contribution is 2.36. The molecule has 3 aliphatic rings. The maximum absolute atomic E-state index is 12.8. The van der Waals surface area contributed by atoms with Crippen LogP contribution in [0.2, 0.25) is 5.02 Å². The van der Waals surface area contributed by atoms with Gasteiger partial charge in [0.15, 0.2) is 11.3 Å². The number of nitrogens with zero attached hydrogens (tertiary/aromatic N) is 1. The van der Waals surface area contributed by atoms with E-state index in [1.54, 1.807) is 42.7 Å². The van der Waals surface area contributed by atoms with Crippen molar-refractivity contribution in [2.45, 2.75) is 23.8 Å². The molecule has 29 heavy (non-hydrogen) atoms. The number of sulfonamides is 1. The number of furan rings is 1. The lowest BCUT2D eigenvalue weighted by molar-refractivity contribution is -0.00741. The van der Waals surface area contributed by atoms with Crippen LogP contribution in [-0.2, 0) is 10.0 Å². The Morgan fingerprint density at radius 2 is 1.93 bits per heavy atom. The second kappa shape index (κ2) is 7.23. The molecule has 3 aromatic rings. The number of hydrogen-bond donors (Lipinski definition) is 1. The van der Waals surface area contributed by atoms with E-state index in [9.17, 15) is 8.42 Å². The fourth-order valence-electron chi connectivity index (χ4n) is 4.28. The van der Waals surface area contributed by atoms with Gasteiger partial charge in [0.1, 0.15) is 11.0 Å². The zero-order valence-corrected chi connectivity index (χ0v) is 17.2.